The van der Waals surface area contributed by atoms with Crippen LogP contribution in [-0.4, -0.2) is 18.1 Å². The van der Waals surface area contributed by atoms with Gasteiger partial charge in [-0.25, -0.2) is 0 Å². The molecule has 1 N–H and O–H groups in total. The van der Waals surface area contributed by atoms with Gasteiger partial charge in [-0.1, -0.05) is 52.0 Å². The van der Waals surface area contributed by atoms with Crippen molar-refractivity contribution >= 4 is 30.4 Å². The molecule has 0 radical (unpaired) electrons. The van der Waals surface area contributed by atoms with Crippen LogP contribution in [0.2, 0.25) is 0 Å². The number of nitrogens with one attached hydrogen (secondary N) is 1. The lowest BCUT2D eigenvalue weighted by Gasteiger charge is -2.42. The smallest absolute Gasteiger partial charge is 0.0665 e. The number of halogens is 2. The Hall–Kier alpha value is -1.35. The third-order valence-corrected chi connectivity index (χ3v) is 6.34. The first-order chi connectivity index (χ1) is 12.4. The molecule has 2 aliphatic rings. The Kier molecular flexibility index (Phi) is 7.02. The normalized spacial score (nSPS) is 19.5. The van der Waals surface area contributed by atoms with Crippen LogP contribution in [0.15, 0.2) is 42.6 Å². The predicted molar refractivity (Wildman–Crippen MR) is 125 cm³/mol. The second kappa shape index (κ2) is 8.57. The van der Waals surface area contributed by atoms with Crippen molar-refractivity contribution in [3.63, 3.8) is 0 Å². The number of hydrogen-bond donors (Lipinski definition) is 1. The molecule has 2 aromatic rings. The van der Waals surface area contributed by atoms with Crippen LogP contribution < -0.4 is 5.32 Å². The molecule has 0 fully saturated rings. The maximum absolute atomic E-state index is 4.63. The van der Waals surface area contributed by atoms with E-state index in [-0.39, 0.29) is 35.6 Å². The summed E-state index contributed by atoms with van der Waals surface area (Å²) in [4.78, 5) is 4.63. The molecule has 0 bridgehead atoms. The summed E-state index contributed by atoms with van der Waals surface area (Å²) < 4.78 is 0. The fourth-order valence-electron chi connectivity index (χ4n) is 4.41. The van der Waals surface area contributed by atoms with Gasteiger partial charge in [-0.05, 0) is 76.6 Å². The maximum atomic E-state index is 4.63. The summed E-state index contributed by atoms with van der Waals surface area (Å²) in [6, 6.07) is 11.5. The first-order valence-electron chi connectivity index (χ1n) is 9.88. The standard InChI is InChI=1S/C24H30N2.2ClH/c1-23(2)10-11-24(3,4)21-15-18(5-6-20(21)23)19-9-14-26-22(16-19)17-7-12-25-13-8-17;;/h5-7,9,14-16,25H,8,10-13H2,1-4H3;2*1H. The molecule has 0 saturated carbocycles. The van der Waals surface area contributed by atoms with Crippen LogP contribution in [0.1, 0.15) is 63.8 Å². The van der Waals surface area contributed by atoms with Crippen molar-refractivity contribution in [2.75, 3.05) is 13.1 Å². The molecule has 1 aliphatic carbocycles. The lowest BCUT2D eigenvalue weighted by atomic mass is 9.63. The Bertz CT molecular complexity index is 869. The van der Waals surface area contributed by atoms with Gasteiger partial charge in [0.1, 0.15) is 0 Å². The minimum absolute atomic E-state index is 0. The van der Waals surface area contributed by atoms with E-state index in [2.05, 4.69) is 74.4 Å². The number of benzene rings is 1. The van der Waals surface area contributed by atoms with Gasteiger partial charge in [0.15, 0.2) is 0 Å². The Morgan fingerprint density at radius 2 is 1.54 bits per heavy atom. The highest BCUT2D eigenvalue weighted by Crippen LogP contribution is 2.46. The third kappa shape index (κ3) is 4.30. The van der Waals surface area contributed by atoms with Crippen LogP contribution in [0.5, 0.6) is 0 Å². The molecule has 0 saturated heterocycles. The Morgan fingerprint density at radius 1 is 0.857 bits per heavy atom. The van der Waals surface area contributed by atoms with E-state index in [1.54, 1.807) is 0 Å². The third-order valence-electron chi connectivity index (χ3n) is 6.34. The minimum Gasteiger partial charge on any atom is -0.313 e. The average molecular weight is 419 g/mol. The quantitative estimate of drug-likeness (QED) is 0.616. The molecule has 1 aromatic heterocycles. The highest BCUT2D eigenvalue weighted by Gasteiger charge is 2.36. The monoisotopic (exact) mass is 418 g/mol. The van der Waals surface area contributed by atoms with Gasteiger partial charge < -0.3 is 5.32 Å². The van der Waals surface area contributed by atoms with Crippen molar-refractivity contribution in [1.82, 2.24) is 10.3 Å². The van der Waals surface area contributed by atoms with E-state index in [0.29, 0.717) is 0 Å². The Balaban J connectivity index is 0.00000140. The van der Waals surface area contributed by atoms with Crippen LogP contribution in [0.25, 0.3) is 16.7 Å². The molecular formula is C24H32Cl2N2. The second-order valence-corrected chi connectivity index (χ2v) is 9.14. The molecule has 28 heavy (non-hydrogen) atoms. The van der Waals surface area contributed by atoms with Crippen LogP contribution in [-0.2, 0) is 10.8 Å². The Labute approximate surface area is 182 Å². The van der Waals surface area contributed by atoms with Crippen LogP contribution >= 0.6 is 24.8 Å². The average Bonchev–Trinajstić information content (AvgIpc) is 2.66. The van der Waals surface area contributed by atoms with E-state index in [0.717, 1.165) is 25.2 Å². The van der Waals surface area contributed by atoms with E-state index in [1.165, 1.54) is 40.7 Å². The zero-order chi connectivity index (χ0) is 18.4. The molecule has 1 aliphatic heterocycles. The van der Waals surface area contributed by atoms with E-state index >= 15 is 0 Å². The molecule has 0 atom stereocenters. The van der Waals surface area contributed by atoms with Crippen LogP contribution in [0, 0.1) is 0 Å². The molecule has 2 heterocycles. The highest BCUT2D eigenvalue weighted by atomic mass is 35.5. The van der Waals surface area contributed by atoms with E-state index in [9.17, 15) is 0 Å². The summed E-state index contributed by atoms with van der Waals surface area (Å²) in [6.07, 6.45) is 7.80. The van der Waals surface area contributed by atoms with E-state index < -0.39 is 0 Å². The summed E-state index contributed by atoms with van der Waals surface area (Å²) in [7, 11) is 0. The molecular weight excluding hydrogens is 387 g/mol. The van der Waals surface area contributed by atoms with Crippen molar-refractivity contribution < 1.29 is 0 Å². The summed E-state index contributed by atoms with van der Waals surface area (Å²) >= 11 is 0. The van der Waals surface area contributed by atoms with Crippen LogP contribution in [0.3, 0.4) is 0 Å². The number of pyridine rings is 1. The molecule has 152 valence electrons. The van der Waals surface area contributed by atoms with Gasteiger partial charge in [-0.2, -0.15) is 0 Å². The number of rotatable bonds is 2. The van der Waals surface area contributed by atoms with Gasteiger partial charge in [0.2, 0.25) is 0 Å². The highest BCUT2D eigenvalue weighted by molar-refractivity contribution is 5.85. The van der Waals surface area contributed by atoms with Crippen molar-refractivity contribution in [1.29, 1.82) is 0 Å². The van der Waals surface area contributed by atoms with E-state index in [1.807, 2.05) is 6.20 Å². The number of hydrogen-bond acceptors (Lipinski definition) is 2. The molecule has 0 amide bonds. The summed E-state index contributed by atoms with van der Waals surface area (Å²) in [5.41, 5.74) is 8.63. The van der Waals surface area contributed by atoms with Crippen molar-refractivity contribution in [3.05, 3.63) is 59.4 Å². The van der Waals surface area contributed by atoms with Crippen LogP contribution in [0.4, 0.5) is 0 Å². The number of aromatic nitrogens is 1. The summed E-state index contributed by atoms with van der Waals surface area (Å²) in [6.45, 7) is 11.5. The minimum atomic E-state index is 0. The fourth-order valence-corrected chi connectivity index (χ4v) is 4.41. The summed E-state index contributed by atoms with van der Waals surface area (Å²) in [5.74, 6) is 0. The van der Waals surface area contributed by atoms with Gasteiger partial charge in [0.25, 0.3) is 0 Å². The molecule has 4 rings (SSSR count). The van der Waals surface area contributed by atoms with Gasteiger partial charge in [0, 0.05) is 12.7 Å². The lowest BCUT2D eigenvalue weighted by Crippen LogP contribution is -2.33. The molecule has 1 aromatic carbocycles. The first kappa shape index (κ1) is 22.9. The zero-order valence-corrected chi connectivity index (χ0v) is 19.0. The topological polar surface area (TPSA) is 24.9 Å². The largest absolute Gasteiger partial charge is 0.313 e. The van der Waals surface area contributed by atoms with Crippen molar-refractivity contribution in [2.24, 2.45) is 0 Å². The van der Waals surface area contributed by atoms with Gasteiger partial charge in [-0.15, -0.1) is 24.8 Å². The first-order valence-corrected chi connectivity index (χ1v) is 9.88. The number of nitrogens with zero attached hydrogens (tertiary/aromatic N) is 1. The van der Waals surface area contributed by atoms with Crippen molar-refractivity contribution in [3.8, 4) is 11.1 Å². The van der Waals surface area contributed by atoms with Gasteiger partial charge >= 0.3 is 0 Å². The lowest BCUT2D eigenvalue weighted by molar-refractivity contribution is 0.332. The molecule has 2 nitrogen and oxygen atoms in total. The molecule has 0 spiro atoms. The number of fused-ring (bicyclic) bond motifs is 1. The van der Waals surface area contributed by atoms with Gasteiger partial charge in [0.05, 0.1) is 5.69 Å². The molecule has 4 heteroatoms. The maximum Gasteiger partial charge on any atom is 0.0665 e. The SMILES string of the molecule is CC1(C)CCC(C)(C)c2cc(-c3ccnc(C4=CCNCC4)c3)ccc21.Cl.Cl. The summed E-state index contributed by atoms with van der Waals surface area (Å²) in [5, 5.41) is 3.38. The molecule has 0 unspecified atom stereocenters. The van der Waals surface area contributed by atoms with Gasteiger partial charge in [-0.3, -0.25) is 4.98 Å². The Morgan fingerprint density at radius 3 is 2.21 bits per heavy atom. The predicted octanol–water partition coefficient (Wildman–Crippen LogP) is 6.32. The second-order valence-electron chi connectivity index (χ2n) is 9.14. The van der Waals surface area contributed by atoms with Crippen molar-refractivity contribution in [2.45, 2.75) is 57.8 Å². The zero-order valence-electron chi connectivity index (χ0n) is 17.3. The fraction of sp³-hybridized carbons (Fsp3) is 0.458. The van der Waals surface area contributed by atoms with E-state index in [4.69, 9.17) is 0 Å².